The molecule has 2 amide bonds. The van der Waals surface area contributed by atoms with Gasteiger partial charge in [0, 0.05) is 34.8 Å². The van der Waals surface area contributed by atoms with Gasteiger partial charge < -0.3 is 15.2 Å². The molecule has 0 unspecified atom stereocenters. The number of para-hydroxylation sites is 1. The van der Waals surface area contributed by atoms with Crippen molar-refractivity contribution in [3.8, 4) is 11.3 Å². The number of anilines is 2. The summed E-state index contributed by atoms with van der Waals surface area (Å²) in [7, 11) is 0. The molecule has 0 atom stereocenters. The maximum atomic E-state index is 12.3. The molecule has 0 saturated carbocycles. The third kappa shape index (κ3) is 3.50. The minimum atomic E-state index is -0.309. The first-order valence-electron chi connectivity index (χ1n) is 7.82. The van der Waals surface area contributed by atoms with Crippen molar-refractivity contribution in [2.24, 2.45) is 0 Å². The first kappa shape index (κ1) is 16.1. The summed E-state index contributed by atoms with van der Waals surface area (Å²) >= 11 is 7.61. The van der Waals surface area contributed by atoms with Crippen molar-refractivity contribution in [1.82, 2.24) is 9.55 Å². The van der Waals surface area contributed by atoms with Crippen LogP contribution in [0.3, 0.4) is 0 Å². The second kappa shape index (κ2) is 6.82. The summed E-state index contributed by atoms with van der Waals surface area (Å²) in [6.45, 7) is 0.972. The topological polar surface area (TPSA) is 59.0 Å². The van der Waals surface area contributed by atoms with Crippen molar-refractivity contribution in [1.29, 1.82) is 0 Å². The fourth-order valence-electron chi connectivity index (χ4n) is 2.67. The van der Waals surface area contributed by atoms with Gasteiger partial charge in [-0.05, 0) is 30.3 Å². The van der Waals surface area contributed by atoms with Crippen LogP contribution in [-0.2, 0) is 6.54 Å². The minimum absolute atomic E-state index is 0.309. The fourth-order valence-corrected chi connectivity index (χ4v) is 3.74. The van der Waals surface area contributed by atoms with Crippen LogP contribution in [0, 0.1) is 0 Å². The molecule has 7 heteroatoms. The summed E-state index contributed by atoms with van der Waals surface area (Å²) in [6.07, 6.45) is 2.03. The molecule has 25 heavy (non-hydrogen) atoms. The van der Waals surface area contributed by atoms with Crippen LogP contribution in [0.15, 0.2) is 59.9 Å². The van der Waals surface area contributed by atoms with Crippen LogP contribution in [-0.4, -0.2) is 21.3 Å². The van der Waals surface area contributed by atoms with E-state index in [0.717, 1.165) is 34.4 Å². The molecular weight excluding hydrogens is 356 g/mol. The predicted molar refractivity (Wildman–Crippen MR) is 102 cm³/mol. The van der Waals surface area contributed by atoms with Gasteiger partial charge in [0.25, 0.3) is 0 Å². The number of aryl methyl sites for hydroxylation is 1. The van der Waals surface area contributed by atoms with Gasteiger partial charge in [0.2, 0.25) is 0 Å². The summed E-state index contributed by atoms with van der Waals surface area (Å²) < 4.78 is 2.14. The maximum Gasteiger partial charge on any atom is 0.323 e. The Bertz CT molecular complexity index is 902. The average molecular weight is 371 g/mol. The zero-order valence-electron chi connectivity index (χ0n) is 13.2. The number of thioether (sulfide) groups is 1. The van der Waals surface area contributed by atoms with Crippen molar-refractivity contribution in [2.45, 2.75) is 11.7 Å². The van der Waals surface area contributed by atoms with Gasteiger partial charge in [0.15, 0.2) is 5.16 Å². The Balaban J connectivity index is 1.54. The standard InChI is InChI=1S/C18H15ClN4OS/c19-12-5-7-13(8-6-12)20-17(24)21-15-4-2-1-3-14(15)16-11-23-9-10-25-18(23)22-16/h1-8,11H,9-10H2,(H2,20,21,24). The Hall–Kier alpha value is -2.44. The van der Waals surface area contributed by atoms with Crippen LogP contribution in [0.5, 0.6) is 0 Å². The number of halogens is 1. The van der Waals surface area contributed by atoms with Gasteiger partial charge in [-0.2, -0.15) is 0 Å². The molecule has 0 spiro atoms. The first-order chi connectivity index (χ1) is 12.2. The number of fused-ring (bicyclic) bond motifs is 1. The normalized spacial score (nSPS) is 12.7. The average Bonchev–Trinajstić information content (AvgIpc) is 3.19. The van der Waals surface area contributed by atoms with Crippen LogP contribution in [0.25, 0.3) is 11.3 Å². The molecule has 0 saturated heterocycles. The van der Waals surface area contributed by atoms with Crippen molar-refractivity contribution in [3.63, 3.8) is 0 Å². The van der Waals surface area contributed by atoms with Gasteiger partial charge >= 0.3 is 6.03 Å². The molecule has 1 aliphatic rings. The molecule has 0 fully saturated rings. The van der Waals surface area contributed by atoms with Gasteiger partial charge in [-0.1, -0.05) is 41.6 Å². The molecule has 0 bridgehead atoms. The number of nitrogens with one attached hydrogen (secondary N) is 2. The molecule has 126 valence electrons. The Morgan fingerprint density at radius 1 is 1.12 bits per heavy atom. The Kier molecular flexibility index (Phi) is 4.38. The number of aromatic nitrogens is 2. The highest BCUT2D eigenvalue weighted by molar-refractivity contribution is 7.99. The monoisotopic (exact) mass is 370 g/mol. The molecule has 1 aliphatic heterocycles. The Morgan fingerprint density at radius 2 is 1.92 bits per heavy atom. The van der Waals surface area contributed by atoms with Gasteiger partial charge in [0.1, 0.15) is 0 Å². The summed E-state index contributed by atoms with van der Waals surface area (Å²) in [4.78, 5) is 17.0. The summed E-state index contributed by atoms with van der Waals surface area (Å²) in [5, 5.41) is 7.34. The lowest BCUT2D eigenvalue weighted by Crippen LogP contribution is -2.19. The second-order valence-electron chi connectivity index (χ2n) is 5.58. The van der Waals surface area contributed by atoms with Gasteiger partial charge in [-0.3, -0.25) is 0 Å². The molecule has 0 radical (unpaired) electrons. The second-order valence-corrected chi connectivity index (χ2v) is 7.08. The van der Waals surface area contributed by atoms with E-state index in [4.69, 9.17) is 11.6 Å². The summed E-state index contributed by atoms with van der Waals surface area (Å²) in [5.41, 5.74) is 3.16. The third-order valence-corrected chi connectivity index (χ3v) is 5.08. The number of urea groups is 1. The van der Waals surface area contributed by atoms with E-state index >= 15 is 0 Å². The van der Waals surface area contributed by atoms with Crippen molar-refractivity contribution in [2.75, 3.05) is 16.4 Å². The molecule has 1 aromatic heterocycles. The number of imidazole rings is 1. The Morgan fingerprint density at radius 3 is 2.72 bits per heavy atom. The number of carbonyl (C=O) groups is 1. The predicted octanol–water partition coefficient (Wildman–Crippen LogP) is 4.95. The van der Waals surface area contributed by atoms with Gasteiger partial charge in [-0.15, -0.1) is 0 Å². The number of carbonyl (C=O) groups excluding carboxylic acids is 1. The van der Waals surface area contributed by atoms with Crippen LogP contribution < -0.4 is 10.6 Å². The van der Waals surface area contributed by atoms with Crippen molar-refractivity contribution in [3.05, 3.63) is 59.8 Å². The van der Waals surface area contributed by atoms with Crippen molar-refractivity contribution < 1.29 is 4.79 Å². The smallest absolute Gasteiger partial charge is 0.323 e. The number of hydrogen-bond acceptors (Lipinski definition) is 3. The zero-order chi connectivity index (χ0) is 17.2. The van der Waals surface area contributed by atoms with Crippen LogP contribution in [0.1, 0.15) is 0 Å². The number of rotatable bonds is 3. The lowest BCUT2D eigenvalue weighted by Gasteiger charge is -2.11. The van der Waals surface area contributed by atoms with E-state index in [1.165, 1.54) is 0 Å². The van der Waals surface area contributed by atoms with Gasteiger partial charge in [0.05, 0.1) is 11.4 Å². The van der Waals surface area contributed by atoms with Gasteiger partial charge in [-0.25, -0.2) is 9.78 Å². The maximum absolute atomic E-state index is 12.3. The highest BCUT2D eigenvalue weighted by atomic mass is 35.5. The zero-order valence-corrected chi connectivity index (χ0v) is 14.8. The number of hydrogen-bond donors (Lipinski definition) is 2. The molecular formula is C18H15ClN4OS. The van der Waals surface area contributed by atoms with Crippen LogP contribution in [0.4, 0.5) is 16.2 Å². The third-order valence-electron chi connectivity index (χ3n) is 3.86. The summed E-state index contributed by atoms with van der Waals surface area (Å²) in [6, 6.07) is 14.3. The molecule has 3 aromatic rings. The van der Waals surface area contributed by atoms with E-state index in [9.17, 15) is 4.79 Å². The molecule has 2 aromatic carbocycles. The van der Waals surface area contributed by atoms with E-state index in [0.29, 0.717) is 10.7 Å². The number of benzene rings is 2. The number of amides is 2. The van der Waals surface area contributed by atoms with E-state index < -0.39 is 0 Å². The van der Waals surface area contributed by atoms with Crippen LogP contribution >= 0.6 is 23.4 Å². The highest BCUT2D eigenvalue weighted by Crippen LogP contribution is 2.32. The van der Waals surface area contributed by atoms with Crippen LogP contribution in [0.2, 0.25) is 5.02 Å². The van der Waals surface area contributed by atoms with Crippen molar-refractivity contribution >= 4 is 40.8 Å². The Labute approximate surface area is 154 Å². The lowest BCUT2D eigenvalue weighted by atomic mass is 10.1. The summed E-state index contributed by atoms with van der Waals surface area (Å²) in [5.74, 6) is 1.06. The minimum Gasteiger partial charge on any atom is -0.325 e. The molecule has 2 N–H and O–H groups in total. The first-order valence-corrected chi connectivity index (χ1v) is 9.18. The van der Waals surface area contributed by atoms with E-state index in [-0.39, 0.29) is 6.03 Å². The van der Waals surface area contributed by atoms with E-state index in [1.54, 1.807) is 36.0 Å². The van der Waals surface area contributed by atoms with E-state index in [2.05, 4.69) is 20.2 Å². The number of nitrogens with zero attached hydrogens (tertiary/aromatic N) is 2. The van der Waals surface area contributed by atoms with E-state index in [1.807, 2.05) is 30.5 Å². The molecule has 0 aliphatic carbocycles. The highest BCUT2D eigenvalue weighted by Gasteiger charge is 2.17. The molecule has 5 nitrogen and oxygen atoms in total. The fraction of sp³-hybridized carbons (Fsp3) is 0.111. The molecule has 4 rings (SSSR count). The quantitative estimate of drug-likeness (QED) is 0.685. The molecule has 2 heterocycles. The largest absolute Gasteiger partial charge is 0.325 e. The lowest BCUT2D eigenvalue weighted by molar-refractivity contribution is 0.262. The SMILES string of the molecule is O=C(Nc1ccc(Cl)cc1)Nc1ccccc1-c1cn2c(n1)SCC2.